The molecule has 0 aliphatic heterocycles. The second-order valence-electron chi connectivity index (χ2n) is 16.2. The lowest BCUT2D eigenvalue weighted by Crippen LogP contribution is -2.15. The Morgan fingerprint density at radius 3 is 1.76 bits per heavy atom. The number of rotatable bonds is 5. The summed E-state index contributed by atoms with van der Waals surface area (Å²) in [6, 6.07) is 66.6. The fourth-order valence-electron chi connectivity index (χ4n) is 9.96. The van der Waals surface area contributed by atoms with E-state index < -0.39 is 0 Å². The first kappa shape index (κ1) is 34.1. The van der Waals surface area contributed by atoms with E-state index in [1.807, 2.05) is 12.1 Å². The Morgan fingerprint density at radius 1 is 0.500 bits per heavy atom. The lowest BCUT2D eigenvalue weighted by Gasteiger charge is -2.24. The molecule has 2 heteroatoms. The van der Waals surface area contributed by atoms with E-state index in [0.717, 1.165) is 28.1 Å². The Hall–Kier alpha value is -7.16. The molecule has 0 saturated heterocycles. The molecule has 1 aliphatic carbocycles. The number of nitrogen functional groups attached to an aromatic ring is 1. The van der Waals surface area contributed by atoms with E-state index in [1.54, 1.807) is 0 Å². The minimum absolute atomic E-state index is 0.139. The number of hydrogen-bond acceptors (Lipinski definition) is 1. The molecule has 276 valence electrons. The zero-order valence-corrected chi connectivity index (χ0v) is 32.9. The molecular formula is C56H42N2. The van der Waals surface area contributed by atoms with E-state index in [9.17, 15) is 0 Å². The Morgan fingerprint density at radius 2 is 1.05 bits per heavy atom. The van der Waals surface area contributed by atoms with Crippen LogP contribution in [-0.2, 0) is 5.41 Å². The first-order chi connectivity index (χ1) is 28.4. The van der Waals surface area contributed by atoms with Crippen LogP contribution in [-0.4, -0.2) is 4.57 Å². The van der Waals surface area contributed by atoms with E-state index in [2.05, 4.69) is 201 Å². The van der Waals surface area contributed by atoms with Gasteiger partial charge in [0, 0.05) is 33.1 Å². The number of para-hydroxylation sites is 2. The van der Waals surface area contributed by atoms with Crippen molar-refractivity contribution in [2.45, 2.75) is 26.2 Å². The summed E-state index contributed by atoms with van der Waals surface area (Å²) in [5.41, 5.74) is 24.4. The third kappa shape index (κ3) is 5.05. The molecule has 2 nitrogen and oxygen atoms in total. The predicted molar refractivity (Wildman–Crippen MR) is 248 cm³/mol. The summed E-state index contributed by atoms with van der Waals surface area (Å²) in [5, 5.41) is 7.78. The molecular weight excluding hydrogens is 701 g/mol. The maximum absolute atomic E-state index is 6.49. The van der Waals surface area contributed by atoms with Gasteiger partial charge in [0.2, 0.25) is 0 Å². The molecule has 0 fully saturated rings. The fraction of sp³-hybridized carbons (Fsp3) is 0.0714. The van der Waals surface area contributed by atoms with Crippen molar-refractivity contribution in [2.75, 3.05) is 5.73 Å². The zero-order chi connectivity index (χ0) is 39.1. The van der Waals surface area contributed by atoms with Crippen LogP contribution in [0.3, 0.4) is 0 Å². The number of aromatic nitrogens is 1. The Bertz CT molecular complexity index is 3310. The largest absolute Gasteiger partial charge is 0.398 e. The smallest absolute Gasteiger partial charge is 0.0541 e. The van der Waals surface area contributed by atoms with Gasteiger partial charge in [-0.25, -0.2) is 0 Å². The van der Waals surface area contributed by atoms with Crippen molar-refractivity contribution in [2.24, 2.45) is 0 Å². The van der Waals surface area contributed by atoms with Gasteiger partial charge < -0.3 is 10.3 Å². The molecule has 11 rings (SSSR count). The molecule has 0 radical (unpaired) electrons. The summed E-state index contributed by atoms with van der Waals surface area (Å²) < 4.78 is 2.38. The third-order valence-corrected chi connectivity index (χ3v) is 12.7. The number of fused-ring (bicyclic) bond motifs is 11. The topological polar surface area (TPSA) is 30.9 Å². The van der Waals surface area contributed by atoms with Crippen molar-refractivity contribution in [3.63, 3.8) is 0 Å². The lowest BCUT2D eigenvalue weighted by atomic mass is 9.79. The third-order valence-electron chi connectivity index (χ3n) is 12.7. The predicted octanol–water partition coefficient (Wildman–Crippen LogP) is 14.8. The van der Waals surface area contributed by atoms with Gasteiger partial charge in [-0.05, 0) is 133 Å². The fourth-order valence-corrected chi connectivity index (χ4v) is 9.96. The van der Waals surface area contributed by atoms with Crippen LogP contribution in [0.4, 0.5) is 5.69 Å². The van der Waals surface area contributed by atoms with Crippen molar-refractivity contribution < 1.29 is 0 Å². The minimum atomic E-state index is -0.139. The lowest BCUT2D eigenvalue weighted by molar-refractivity contribution is 0.667. The second kappa shape index (κ2) is 12.9. The quantitative estimate of drug-likeness (QED) is 0.138. The van der Waals surface area contributed by atoms with E-state index in [4.69, 9.17) is 5.73 Å². The highest BCUT2D eigenvalue weighted by Gasteiger charge is 2.38. The summed E-state index contributed by atoms with van der Waals surface area (Å²) in [7, 11) is 0. The molecule has 1 aromatic heterocycles. The molecule has 2 N–H and O–H groups in total. The van der Waals surface area contributed by atoms with Gasteiger partial charge in [-0.3, -0.25) is 0 Å². The molecule has 10 aromatic rings. The van der Waals surface area contributed by atoms with Gasteiger partial charge in [0.1, 0.15) is 0 Å². The SMILES string of the molecule is C/C=C(/c1ccc2c(c1)c1cc(-c3ccc(-c4ccc5c(c4)C(C)(C)c4c-5c5ccccc5c5ccccc45)cc3)ccc1n2-c1ccccc1)c1ccccc1N. The van der Waals surface area contributed by atoms with Crippen LogP contribution >= 0.6 is 0 Å². The van der Waals surface area contributed by atoms with Crippen LogP contribution in [0.15, 0.2) is 188 Å². The van der Waals surface area contributed by atoms with Crippen LogP contribution in [0.25, 0.3) is 88.0 Å². The van der Waals surface area contributed by atoms with E-state index in [1.165, 1.54) is 87.9 Å². The summed E-state index contributed by atoms with van der Waals surface area (Å²) in [6.07, 6.45) is 2.17. The number of allylic oxidation sites excluding steroid dienone is 1. The maximum Gasteiger partial charge on any atom is 0.0541 e. The van der Waals surface area contributed by atoms with E-state index in [0.29, 0.717) is 0 Å². The summed E-state index contributed by atoms with van der Waals surface area (Å²) in [6.45, 7) is 6.89. The molecule has 0 unspecified atom stereocenters. The Labute approximate surface area is 339 Å². The first-order valence-electron chi connectivity index (χ1n) is 20.3. The Kier molecular flexibility index (Phi) is 7.61. The van der Waals surface area contributed by atoms with Crippen LogP contribution < -0.4 is 5.73 Å². The van der Waals surface area contributed by atoms with Gasteiger partial charge in [-0.15, -0.1) is 0 Å². The monoisotopic (exact) mass is 742 g/mol. The van der Waals surface area contributed by atoms with Gasteiger partial charge >= 0.3 is 0 Å². The van der Waals surface area contributed by atoms with Crippen molar-refractivity contribution in [3.05, 3.63) is 210 Å². The van der Waals surface area contributed by atoms with Crippen molar-refractivity contribution in [3.8, 4) is 39.1 Å². The highest BCUT2D eigenvalue weighted by atomic mass is 15.0. The first-order valence-corrected chi connectivity index (χ1v) is 20.3. The van der Waals surface area contributed by atoms with Crippen molar-refractivity contribution in [1.82, 2.24) is 4.57 Å². The molecule has 58 heavy (non-hydrogen) atoms. The van der Waals surface area contributed by atoms with Gasteiger partial charge in [-0.2, -0.15) is 0 Å². The molecule has 0 amide bonds. The number of nitrogens with two attached hydrogens (primary N) is 1. The molecule has 9 aromatic carbocycles. The normalized spacial score (nSPS) is 13.4. The van der Waals surface area contributed by atoms with Crippen molar-refractivity contribution >= 4 is 54.6 Å². The van der Waals surface area contributed by atoms with Crippen LogP contribution in [0.5, 0.6) is 0 Å². The van der Waals surface area contributed by atoms with Gasteiger partial charge in [0.25, 0.3) is 0 Å². The van der Waals surface area contributed by atoms with Gasteiger partial charge in [0.15, 0.2) is 0 Å². The number of hydrogen-bond donors (Lipinski definition) is 1. The zero-order valence-electron chi connectivity index (χ0n) is 32.9. The average Bonchev–Trinajstić information content (AvgIpc) is 3.72. The highest BCUT2D eigenvalue weighted by Crippen LogP contribution is 2.55. The summed E-state index contributed by atoms with van der Waals surface area (Å²) in [4.78, 5) is 0. The summed E-state index contributed by atoms with van der Waals surface area (Å²) in [5.74, 6) is 0. The minimum Gasteiger partial charge on any atom is -0.398 e. The summed E-state index contributed by atoms with van der Waals surface area (Å²) >= 11 is 0. The number of nitrogens with zero attached hydrogens (tertiary/aromatic N) is 1. The van der Waals surface area contributed by atoms with Crippen LogP contribution in [0, 0.1) is 0 Å². The average molecular weight is 743 g/mol. The molecule has 0 saturated carbocycles. The Balaban J connectivity index is 1.00. The molecule has 0 spiro atoms. The van der Waals surface area contributed by atoms with E-state index >= 15 is 0 Å². The van der Waals surface area contributed by atoms with E-state index in [-0.39, 0.29) is 5.41 Å². The number of anilines is 1. The highest BCUT2D eigenvalue weighted by molar-refractivity contribution is 6.18. The number of benzene rings is 9. The van der Waals surface area contributed by atoms with Crippen molar-refractivity contribution in [1.29, 1.82) is 0 Å². The molecule has 1 heterocycles. The van der Waals surface area contributed by atoms with Gasteiger partial charge in [-0.1, -0.05) is 153 Å². The van der Waals surface area contributed by atoms with Crippen LogP contribution in [0.2, 0.25) is 0 Å². The second-order valence-corrected chi connectivity index (χ2v) is 16.2. The standard InChI is InChI=1S/C56H42N2/c1-4-41(44-18-12-13-21-51(44)57)39-28-31-53-49(33-39)48-32-37(27-30-52(48)58(53)40-14-6-5-7-15-40)35-22-24-36(25-23-35)38-26-29-47-50(34-38)56(2,3)55-46-20-11-9-17-43(46)42-16-8-10-19-45(42)54(47)55/h4-34H,57H2,1-3H3/b41-4-. The van der Waals surface area contributed by atoms with Gasteiger partial charge in [0.05, 0.1) is 11.0 Å². The molecule has 0 atom stereocenters. The molecule has 0 bridgehead atoms. The van der Waals surface area contributed by atoms with Crippen LogP contribution in [0.1, 0.15) is 43.0 Å². The molecule has 1 aliphatic rings. The maximum atomic E-state index is 6.49.